The Morgan fingerprint density at radius 2 is 2.05 bits per heavy atom. The van der Waals surface area contributed by atoms with Crippen LogP contribution in [0.25, 0.3) is 22.8 Å². The van der Waals surface area contributed by atoms with Crippen LogP contribution in [0.15, 0.2) is 41.1 Å². The molecule has 1 aromatic carbocycles. The maximum Gasteiger partial charge on any atom is 0.258 e. The molecule has 106 valence electrons. The highest BCUT2D eigenvalue weighted by Crippen LogP contribution is 2.26. The quantitative estimate of drug-likeness (QED) is 0.796. The first-order valence-corrected chi connectivity index (χ1v) is 6.07. The third-order valence-corrected chi connectivity index (χ3v) is 2.86. The van der Waals surface area contributed by atoms with Crippen molar-refractivity contribution in [2.45, 2.75) is 0 Å². The molecule has 0 atom stereocenters. The molecule has 0 spiro atoms. The van der Waals surface area contributed by atoms with Crippen LogP contribution < -0.4 is 10.5 Å². The Morgan fingerprint density at radius 1 is 1.19 bits per heavy atom. The molecule has 21 heavy (non-hydrogen) atoms. The fourth-order valence-electron chi connectivity index (χ4n) is 1.84. The van der Waals surface area contributed by atoms with Crippen LogP contribution >= 0.6 is 0 Å². The van der Waals surface area contributed by atoms with Gasteiger partial charge in [-0.15, -0.1) is 0 Å². The monoisotopic (exact) mass is 286 g/mol. The summed E-state index contributed by atoms with van der Waals surface area (Å²) in [5.74, 6) is 0.663. The molecule has 3 aromatic rings. The van der Waals surface area contributed by atoms with Crippen LogP contribution in [0.2, 0.25) is 0 Å². The van der Waals surface area contributed by atoms with Crippen LogP contribution in [0, 0.1) is 5.82 Å². The zero-order chi connectivity index (χ0) is 14.8. The number of nitrogen functional groups attached to an aromatic ring is 1. The van der Waals surface area contributed by atoms with Crippen molar-refractivity contribution in [2.24, 2.45) is 0 Å². The highest BCUT2D eigenvalue weighted by molar-refractivity contribution is 5.62. The standard InChI is InChI=1S/C14H11FN4O2/c1-20-11-6-8(2-3-10(11)15)13-18-14(21-19-13)9-4-5-17-12(16)7-9/h2-7H,1H3,(H2,16,17). The zero-order valence-electron chi connectivity index (χ0n) is 11.1. The summed E-state index contributed by atoms with van der Waals surface area (Å²) in [5.41, 5.74) is 6.86. The summed E-state index contributed by atoms with van der Waals surface area (Å²) >= 11 is 0. The van der Waals surface area contributed by atoms with Crippen LogP contribution in [0.3, 0.4) is 0 Å². The van der Waals surface area contributed by atoms with E-state index in [1.165, 1.54) is 19.2 Å². The molecular formula is C14H11FN4O2. The number of aromatic nitrogens is 3. The molecule has 0 aliphatic rings. The van der Waals surface area contributed by atoms with Gasteiger partial charge in [0.1, 0.15) is 5.82 Å². The zero-order valence-corrected chi connectivity index (χ0v) is 11.1. The number of pyridine rings is 1. The number of benzene rings is 1. The maximum atomic E-state index is 13.4. The molecule has 0 saturated carbocycles. The second kappa shape index (κ2) is 5.20. The maximum absolute atomic E-state index is 13.4. The SMILES string of the molecule is COc1cc(-c2noc(-c3ccnc(N)c3)n2)ccc1F. The summed E-state index contributed by atoms with van der Waals surface area (Å²) in [6, 6.07) is 7.67. The molecule has 6 nitrogen and oxygen atoms in total. The molecule has 2 heterocycles. The van der Waals surface area contributed by atoms with Crippen LogP contribution in [0.4, 0.5) is 10.2 Å². The van der Waals surface area contributed by atoms with Gasteiger partial charge in [0.2, 0.25) is 5.82 Å². The van der Waals surface area contributed by atoms with Gasteiger partial charge in [-0.2, -0.15) is 4.98 Å². The highest BCUT2D eigenvalue weighted by atomic mass is 19.1. The van der Waals surface area contributed by atoms with E-state index in [1.807, 2.05) is 0 Å². The van der Waals surface area contributed by atoms with Gasteiger partial charge >= 0.3 is 0 Å². The van der Waals surface area contributed by atoms with Gasteiger partial charge in [0.05, 0.1) is 7.11 Å². The number of rotatable bonds is 3. The molecule has 0 saturated heterocycles. The molecule has 0 aliphatic heterocycles. The second-order valence-corrected chi connectivity index (χ2v) is 4.24. The van der Waals surface area contributed by atoms with E-state index in [-0.39, 0.29) is 5.75 Å². The van der Waals surface area contributed by atoms with Crippen LogP contribution in [0.1, 0.15) is 0 Å². The fourth-order valence-corrected chi connectivity index (χ4v) is 1.84. The minimum atomic E-state index is -0.452. The lowest BCUT2D eigenvalue weighted by atomic mass is 10.2. The second-order valence-electron chi connectivity index (χ2n) is 4.24. The number of anilines is 1. The fraction of sp³-hybridized carbons (Fsp3) is 0.0714. The molecule has 2 N–H and O–H groups in total. The molecule has 0 fully saturated rings. The van der Waals surface area contributed by atoms with E-state index in [0.717, 1.165) is 0 Å². The normalized spacial score (nSPS) is 10.6. The first-order valence-electron chi connectivity index (χ1n) is 6.07. The van der Waals surface area contributed by atoms with Crippen LogP contribution in [-0.2, 0) is 0 Å². The number of nitrogens with two attached hydrogens (primary N) is 1. The molecule has 0 aliphatic carbocycles. The van der Waals surface area contributed by atoms with Gasteiger partial charge in [-0.05, 0) is 30.3 Å². The molecule has 3 rings (SSSR count). The number of hydrogen-bond acceptors (Lipinski definition) is 6. The number of halogens is 1. The van der Waals surface area contributed by atoms with E-state index < -0.39 is 5.82 Å². The summed E-state index contributed by atoms with van der Waals surface area (Å²) < 4.78 is 23.5. The summed E-state index contributed by atoms with van der Waals surface area (Å²) in [6.07, 6.45) is 1.55. The number of ether oxygens (including phenoxy) is 1. The molecule has 0 bridgehead atoms. The average Bonchev–Trinajstić information content (AvgIpc) is 2.97. The van der Waals surface area contributed by atoms with E-state index in [2.05, 4.69) is 15.1 Å². The third-order valence-electron chi connectivity index (χ3n) is 2.86. The first kappa shape index (κ1) is 13.0. The van der Waals surface area contributed by atoms with E-state index in [0.29, 0.717) is 28.7 Å². The molecule has 7 heteroatoms. The van der Waals surface area contributed by atoms with Crippen LogP contribution in [0.5, 0.6) is 5.75 Å². The van der Waals surface area contributed by atoms with Gasteiger partial charge in [-0.25, -0.2) is 9.37 Å². The van der Waals surface area contributed by atoms with Gasteiger partial charge in [-0.3, -0.25) is 0 Å². The van der Waals surface area contributed by atoms with Gasteiger partial charge < -0.3 is 15.0 Å². The van der Waals surface area contributed by atoms with Gasteiger partial charge in [0.25, 0.3) is 5.89 Å². The summed E-state index contributed by atoms with van der Waals surface area (Å²) in [5, 5.41) is 3.87. The minimum Gasteiger partial charge on any atom is -0.494 e. The number of methoxy groups -OCH3 is 1. The average molecular weight is 286 g/mol. The summed E-state index contributed by atoms with van der Waals surface area (Å²) in [6.45, 7) is 0. The number of nitrogens with zero attached hydrogens (tertiary/aromatic N) is 3. The third kappa shape index (κ3) is 2.53. The molecule has 2 aromatic heterocycles. The Balaban J connectivity index is 1.98. The predicted octanol–water partition coefficient (Wildman–Crippen LogP) is 2.53. The highest BCUT2D eigenvalue weighted by Gasteiger charge is 2.13. The lowest BCUT2D eigenvalue weighted by molar-refractivity contribution is 0.386. The van der Waals surface area contributed by atoms with Crippen molar-refractivity contribution in [2.75, 3.05) is 12.8 Å². The minimum absolute atomic E-state index is 0.118. The van der Waals surface area contributed by atoms with Gasteiger partial charge in [-0.1, -0.05) is 5.16 Å². The Hall–Kier alpha value is -2.96. The van der Waals surface area contributed by atoms with Crippen molar-refractivity contribution >= 4 is 5.82 Å². The van der Waals surface area contributed by atoms with Crippen molar-refractivity contribution in [1.82, 2.24) is 15.1 Å². The number of hydrogen-bond donors (Lipinski definition) is 1. The van der Waals surface area contributed by atoms with Crippen molar-refractivity contribution in [3.05, 3.63) is 42.3 Å². The van der Waals surface area contributed by atoms with Crippen LogP contribution in [-0.4, -0.2) is 22.2 Å². The largest absolute Gasteiger partial charge is 0.494 e. The summed E-state index contributed by atoms with van der Waals surface area (Å²) in [4.78, 5) is 8.15. The van der Waals surface area contributed by atoms with Crippen molar-refractivity contribution in [3.63, 3.8) is 0 Å². The topological polar surface area (TPSA) is 87.1 Å². The lowest BCUT2D eigenvalue weighted by Crippen LogP contribution is -1.90. The van der Waals surface area contributed by atoms with Gasteiger partial charge in [0, 0.05) is 17.3 Å². The van der Waals surface area contributed by atoms with E-state index >= 15 is 0 Å². The Bertz CT molecular complexity index is 788. The molecular weight excluding hydrogens is 275 g/mol. The summed E-state index contributed by atoms with van der Waals surface area (Å²) in [7, 11) is 1.39. The predicted molar refractivity (Wildman–Crippen MR) is 73.9 cm³/mol. The molecule has 0 radical (unpaired) electrons. The van der Waals surface area contributed by atoms with E-state index in [1.54, 1.807) is 24.4 Å². The molecule has 0 unspecified atom stereocenters. The van der Waals surface area contributed by atoms with Gasteiger partial charge in [0.15, 0.2) is 11.6 Å². The molecule has 0 amide bonds. The van der Waals surface area contributed by atoms with Crippen molar-refractivity contribution in [1.29, 1.82) is 0 Å². The van der Waals surface area contributed by atoms with E-state index in [4.69, 9.17) is 15.0 Å². The first-order chi connectivity index (χ1) is 10.2. The Labute approximate surface area is 119 Å². The van der Waals surface area contributed by atoms with Crippen molar-refractivity contribution < 1.29 is 13.7 Å². The smallest absolute Gasteiger partial charge is 0.258 e. The lowest BCUT2D eigenvalue weighted by Gasteiger charge is -2.02. The Kier molecular flexibility index (Phi) is 3.23. The van der Waals surface area contributed by atoms with Crippen molar-refractivity contribution in [3.8, 4) is 28.6 Å². The Morgan fingerprint density at radius 3 is 2.81 bits per heavy atom. The van der Waals surface area contributed by atoms with E-state index in [9.17, 15) is 4.39 Å².